The fourth-order valence-corrected chi connectivity index (χ4v) is 3.32. The Morgan fingerprint density at radius 2 is 1.90 bits per heavy atom. The Kier molecular flexibility index (Phi) is 5.22. The van der Waals surface area contributed by atoms with Crippen molar-refractivity contribution < 1.29 is 14.3 Å². The van der Waals surface area contributed by atoms with E-state index in [1.807, 2.05) is 13.8 Å². The van der Waals surface area contributed by atoms with Gasteiger partial charge >= 0.3 is 0 Å². The zero-order valence-corrected chi connectivity index (χ0v) is 13.5. The van der Waals surface area contributed by atoms with Crippen molar-refractivity contribution in [3.05, 3.63) is 0 Å². The molecule has 2 saturated heterocycles. The zero-order chi connectivity index (χ0) is 15.6. The molecule has 2 amide bonds. The molecule has 1 N–H and O–H groups in total. The molecular formula is C15H27N3O3. The highest BCUT2D eigenvalue weighted by Crippen LogP contribution is 2.20. The molecule has 0 saturated carbocycles. The van der Waals surface area contributed by atoms with Gasteiger partial charge in [-0.05, 0) is 19.8 Å². The molecule has 2 aliphatic heterocycles. The van der Waals surface area contributed by atoms with Gasteiger partial charge in [0.25, 0.3) is 0 Å². The Balaban J connectivity index is 2.10. The fourth-order valence-electron chi connectivity index (χ4n) is 3.32. The minimum atomic E-state index is -0.176. The SMILES string of the molecule is CC1CN(C(C(=O)N2CCNC(=O)C2)C(C)C)CC(C)O1. The first-order chi connectivity index (χ1) is 9.88. The number of ether oxygens (including phenoxy) is 1. The monoisotopic (exact) mass is 297 g/mol. The first-order valence-corrected chi connectivity index (χ1v) is 7.83. The van der Waals surface area contributed by atoms with Crippen LogP contribution in [0.25, 0.3) is 0 Å². The van der Waals surface area contributed by atoms with E-state index in [1.54, 1.807) is 4.90 Å². The van der Waals surface area contributed by atoms with E-state index in [-0.39, 0.29) is 42.5 Å². The molecule has 21 heavy (non-hydrogen) atoms. The summed E-state index contributed by atoms with van der Waals surface area (Å²) in [6.07, 6.45) is 0.264. The number of piperazine rings is 1. The summed E-state index contributed by atoms with van der Waals surface area (Å²) in [7, 11) is 0. The van der Waals surface area contributed by atoms with Crippen molar-refractivity contribution in [2.45, 2.75) is 45.9 Å². The maximum atomic E-state index is 12.9. The van der Waals surface area contributed by atoms with Crippen molar-refractivity contribution in [3.63, 3.8) is 0 Å². The van der Waals surface area contributed by atoms with Gasteiger partial charge < -0.3 is 15.0 Å². The summed E-state index contributed by atoms with van der Waals surface area (Å²) in [5.41, 5.74) is 0. The van der Waals surface area contributed by atoms with Crippen LogP contribution in [-0.2, 0) is 14.3 Å². The van der Waals surface area contributed by atoms with Crippen molar-refractivity contribution in [1.82, 2.24) is 15.1 Å². The summed E-state index contributed by atoms with van der Waals surface area (Å²) in [5, 5.41) is 2.76. The highest BCUT2D eigenvalue weighted by atomic mass is 16.5. The second-order valence-corrected chi connectivity index (χ2v) is 6.51. The van der Waals surface area contributed by atoms with Gasteiger partial charge in [0.1, 0.15) is 0 Å². The Morgan fingerprint density at radius 3 is 2.43 bits per heavy atom. The van der Waals surface area contributed by atoms with E-state index in [0.717, 1.165) is 13.1 Å². The predicted molar refractivity (Wildman–Crippen MR) is 79.8 cm³/mol. The molecule has 0 aromatic heterocycles. The van der Waals surface area contributed by atoms with Crippen LogP contribution in [0.4, 0.5) is 0 Å². The quantitative estimate of drug-likeness (QED) is 0.801. The number of amides is 2. The Hall–Kier alpha value is -1.14. The minimum Gasteiger partial charge on any atom is -0.373 e. The number of hydrogen-bond donors (Lipinski definition) is 1. The summed E-state index contributed by atoms with van der Waals surface area (Å²) < 4.78 is 5.76. The van der Waals surface area contributed by atoms with Crippen LogP contribution in [0.5, 0.6) is 0 Å². The lowest BCUT2D eigenvalue weighted by Crippen LogP contribution is -2.60. The molecule has 0 spiro atoms. The maximum absolute atomic E-state index is 12.9. The molecule has 120 valence electrons. The molecule has 3 atom stereocenters. The van der Waals surface area contributed by atoms with Gasteiger partial charge in [0.05, 0.1) is 24.8 Å². The van der Waals surface area contributed by atoms with Crippen molar-refractivity contribution in [2.75, 3.05) is 32.7 Å². The van der Waals surface area contributed by atoms with Crippen LogP contribution in [-0.4, -0.2) is 72.6 Å². The highest BCUT2D eigenvalue weighted by molar-refractivity contribution is 5.88. The average Bonchev–Trinajstić information content (AvgIpc) is 2.37. The Morgan fingerprint density at radius 1 is 1.29 bits per heavy atom. The summed E-state index contributed by atoms with van der Waals surface area (Å²) in [6, 6.07) is -0.176. The molecule has 2 fully saturated rings. The van der Waals surface area contributed by atoms with Crippen LogP contribution >= 0.6 is 0 Å². The standard InChI is InChI=1S/C15H27N3O3/c1-10(2)14(18-7-11(3)21-12(4)8-18)15(20)17-6-5-16-13(19)9-17/h10-12,14H,5-9H2,1-4H3,(H,16,19). The van der Waals surface area contributed by atoms with E-state index in [2.05, 4.69) is 24.1 Å². The van der Waals surface area contributed by atoms with Crippen LogP contribution in [0.3, 0.4) is 0 Å². The van der Waals surface area contributed by atoms with E-state index in [0.29, 0.717) is 13.1 Å². The van der Waals surface area contributed by atoms with Crippen molar-refractivity contribution in [3.8, 4) is 0 Å². The third-order valence-corrected chi connectivity index (χ3v) is 4.08. The normalized spacial score (nSPS) is 29.4. The summed E-state index contributed by atoms with van der Waals surface area (Å²) in [4.78, 5) is 28.3. The number of nitrogens with one attached hydrogen (secondary N) is 1. The third-order valence-electron chi connectivity index (χ3n) is 4.08. The van der Waals surface area contributed by atoms with Gasteiger partial charge in [-0.3, -0.25) is 14.5 Å². The number of nitrogens with zero attached hydrogens (tertiary/aromatic N) is 2. The molecule has 0 aliphatic carbocycles. The second kappa shape index (κ2) is 6.75. The van der Waals surface area contributed by atoms with E-state index in [1.165, 1.54) is 0 Å². The Labute approximate surface area is 126 Å². The van der Waals surface area contributed by atoms with E-state index in [4.69, 9.17) is 4.74 Å². The molecule has 6 nitrogen and oxygen atoms in total. The van der Waals surface area contributed by atoms with Gasteiger partial charge in [-0.1, -0.05) is 13.8 Å². The van der Waals surface area contributed by atoms with Crippen molar-refractivity contribution >= 4 is 11.8 Å². The number of rotatable bonds is 3. The number of hydrogen-bond acceptors (Lipinski definition) is 4. The van der Waals surface area contributed by atoms with E-state index >= 15 is 0 Å². The van der Waals surface area contributed by atoms with Gasteiger partial charge in [-0.15, -0.1) is 0 Å². The molecule has 0 aromatic carbocycles. The topological polar surface area (TPSA) is 61.9 Å². The zero-order valence-electron chi connectivity index (χ0n) is 13.5. The van der Waals surface area contributed by atoms with Crippen molar-refractivity contribution in [2.24, 2.45) is 5.92 Å². The second-order valence-electron chi connectivity index (χ2n) is 6.51. The molecule has 2 heterocycles. The third kappa shape index (κ3) is 3.95. The van der Waals surface area contributed by atoms with Gasteiger partial charge in [0.15, 0.2) is 0 Å². The summed E-state index contributed by atoms with van der Waals surface area (Å²) in [6.45, 7) is 11.1. The van der Waals surface area contributed by atoms with Crippen molar-refractivity contribution in [1.29, 1.82) is 0 Å². The lowest BCUT2D eigenvalue weighted by atomic mass is 9.98. The summed E-state index contributed by atoms with van der Waals surface area (Å²) in [5.74, 6) is 0.210. The Bertz CT molecular complexity index is 390. The van der Waals surface area contributed by atoms with Gasteiger partial charge in [0, 0.05) is 26.2 Å². The molecule has 3 unspecified atom stereocenters. The largest absolute Gasteiger partial charge is 0.373 e. The van der Waals surface area contributed by atoms with E-state index in [9.17, 15) is 9.59 Å². The van der Waals surface area contributed by atoms with Crippen LogP contribution in [0.15, 0.2) is 0 Å². The molecule has 2 aliphatic rings. The molecular weight excluding hydrogens is 270 g/mol. The molecule has 2 rings (SSSR count). The predicted octanol–water partition coefficient (Wildman–Crippen LogP) is 0.0786. The maximum Gasteiger partial charge on any atom is 0.240 e. The van der Waals surface area contributed by atoms with Crippen LogP contribution in [0.2, 0.25) is 0 Å². The van der Waals surface area contributed by atoms with Crippen LogP contribution in [0.1, 0.15) is 27.7 Å². The molecule has 0 bridgehead atoms. The number of carbonyl (C=O) groups excluding carboxylic acids is 2. The fraction of sp³-hybridized carbons (Fsp3) is 0.867. The van der Waals surface area contributed by atoms with Gasteiger partial charge in [0.2, 0.25) is 11.8 Å². The lowest BCUT2D eigenvalue weighted by molar-refractivity contribution is -0.149. The van der Waals surface area contributed by atoms with Crippen LogP contribution < -0.4 is 5.32 Å². The summed E-state index contributed by atoms with van der Waals surface area (Å²) >= 11 is 0. The van der Waals surface area contributed by atoms with Gasteiger partial charge in [-0.2, -0.15) is 0 Å². The van der Waals surface area contributed by atoms with Crippen LogP contribution in [0, 0.1) is 5.92 Å². The van der Waals surface area contributed by atoms with E-state index < -0.39 is 0 Å². The highest BCUT2D eigenvalue weighted by Gasteiger charge is 2.37. The lowest BCUT2D eigenvalue weighted by Gasteiger charge is -2.43. The number of morpholine rings is 1. The molecule has 0 radical (unpaired) electrons. The first kappa shape index (κ1) is 16.2. The minimum absolute atomic E-state index is 0.0687. The number of carbonyl (C=O) groups is 2. The first-order valence-electron chi connectivity index (χ1n) is 7.83. The smallest absolute Gasteiger partial charge is 0.240 e. The molecule has 6 heteroatoms. The molecule has 0 aromatic rings. The average molecular weight is 297 g/mol. The van der Waals surface area contributed by atoms with Gasteiger partial charge in [-0.25, -0.2) is 0 Å².